The van der Waals surface area contributed by atoms with E-state index >= 15 is 4.39 Å². The molecule has 4 N–H and O–H groups in total. The number of primary amides is 1. The van der Waals surface area contributed by atoms with Crippen LogP contribution in [0, 0.1) is 11.7 Å². The number of amides is 1. The molecule has 2 aromatic heterocycles. The molecule has 1 saturated carbocycles. The summed E-state index contributed by atoms with van der Waals surface area (Å²) in [5.74, 6) is -1.23. The summed E-state index contributed by atoms with van der Waals surface area (Å²) in [6, 6.07) is 14.8. The molecule has 1 aliphatic carbocycles. The van der Waals surface area contributed by atoms with Crippen molar-refractivity contribution in [3.8, 4) is 17.0 Å². The number of carbonyl (C=O) groups is 1. The highest BCUT2D eigenvalue weighted by atomic mass is 19.1. The molecular weight excluding hydrogens is 523 g/mol. The Bertz CT molecular complexity index is 1640. The smallest absolute Gasteiger partial charge is 0.222 e. The van der Waals surface area contributed by atoms with E-state index < -0.39 is 12.0 Å². The van der Waals surface area contributed by atoms with Crippen LogP contribution in [0.2, 0.25) is 0 Å². The Labute approximate surface area is 237 Å². The van der Waals surface area contributed by atoms with Crippen molar-refractivity contribution in [3.05, 3.63) is 76.9 Å². The molecule has 2 aromatic carbocycles. The number of phenols is 1. The molecule has 2 aliphatic heterocycles. The number of hydrogen-bond donors (Lipinski definition) is 3. The van der Waals surface area contributed by atoms with Crippen LogP contribution >= 0.6 is 0 Å². The minimum Gasteiger partial charge on any atom is -0.507 e. The van der Waals surface area contributed by atoms with Crippen molar-refractivity contribution in [2.24, 2.45) is 11.7 Å². The predicted molar refractivity (Wildman–Crippen MR) is 152 cm³/mol. The quantitative estimate of drug-likeness (QED) is 0.328. The molecule has 1 unspecified atom stereocenters. The molecule has 10 heteroatoms. The lowest BCUT2D eigenvalue weighted by atomic mass is 9.93. The van der Waals surface area contributed by atoms with Crippen molar-refractivity contribution in [1.29, 1.82) is 0 Å². The maximum atomic E-state index is 15.5. The van der Waals surface area contributed by atoms with Gasteiger partial charge in [0.1, 0.15) is 17.3 Å². The van der Waals surface area contributed by atoms with E-state index in [0.29, 0.717) is 43.1 Å². The Balaban J connectivity index is 1.23. The second-order valence-electron chi connectivity index (χ2n) is 11.6. The summed E-state index contributed by atoms with van der Waals surface area (Å²) in [5.41, 5.74) is 10.7. The second kappa shape index (κ2) is 9.81. The highest BCUT2D eigenvalue weighted by molar-refractivity contribution is 5.79. The first-order valence-corrected chi connectivity index (χ1v) is 14.3. The number of benzene rings is 2. The average Bonchev–Trinajstić information content (AvgIpc) is 3.51. The fraction of sp³-hybridized carbons (Fsp3) is 0.387. The Kier molecular flexibility index (Phi) is 6.20. The Hall–Kier alpha value is -4.02. The Morgan fingerprint density at radius 3 is 2.66 bits per heavy atom. The summed E-state index contributed by atoms with van der Waals surface area (Å²) in [4.78, 5) is 20.3. The standard InChI is InChI=1S/C31H33FN6O3/c1-17-22-5-3-2-4-18(22)9-11-37(17)31(41)25-14-26(19-6-7-19)38-28(34-25)15-24(35-38)29-23(32)12-21(13-27(29)39)36-10-8-20(16-36)30(33)40/h2-5,12-15,17,19-20,31,39,41H,6-11,16H2,1H3,(H2,33,40)/t17-,20+,31?/m1/s1. The molecule has 4 aromatic rings. The van der Waals surface area contributed by atoms with Crippen LogP contribution in [0.25, 0.3) is 16.9 Å². The van der Waals surface area contributed by atoms with Gasteiger partial charge in [-0.15, -0.1) is 0 Å². The van der Waals surface area contributed by atoms with Crippen LogP contribution < -0.4 is 10.6 Å². The number of aromatic nitrogens is 3. The summed E-state index contributed by atoms with van der Waals surface area (Å²) >= 11 is 0. The molecular formula is C31H33FN6O3. The summed E-state index contributed by atoms with van der Waals surface area (Å²) < 4.78 is 17.2. The normalized spacial score (nSPS) is 21.8. The molecule has 7 rings (SSSR count). The largest absolute Gasteiger partial charge is 0.507 e. The lowest BCUT2D eigenvalue weighted by molar-refractivity contribution is -0.121. The second-order valence-corrected chi connectivity index (χ2v) is 11.6. The number of phenolic OH excluding ortho intramolecular Hbond substituents is 1. The van der Waals surface area contributed by atoms with E-state index in [-0.39, 0.29) is 40.8 Å². The number of carbonyl (C=O) groups excluding carboxylic acids is 1. The Morgan fingerprint density at radius 1 is 1.12 bits per heavy atom. The molecule has 3 aliphatic rings. The van der Waals surface area contributed by atoms with Gasteiger partial charge in [0.25, 0.3) is 0 Å². The zero-order chi connectivity index (χ0) is 28.4. The maximum Gasteiger partial charge on any atom is 0.222 e. The van der Waals surface area contributed by atoms with E-state index in [2.05, 4.69) is 29.1 Å². The van der Waals surface area contributed by atoms with E-state index in [1.807, 2.05) is 23.1 Å². The fourth-order valence-electron chi connectivity index (χ4n) is 6.48. The molecule has 2 fully saturated rings. The van der Waals surface area contributed by atoms with Gasteiger partial charge in [-0.2, -0.15) is 5.10 Å². The van der Waals surface area contributed by atoms with Crippen molar-refractivity contribution >= 4 is 17.2 Å². The number of rotatable bonds is 6. The average molecular weight is 557 g/mol. The maximum absolute atomic E-state index is 15.5. The molecule has 212 valence electrons. The van der Waals surface area contributed by atoms with Crippen LogP contribution in [0.5, 0.6) is 5.75 Å². The van der Waals surface area contributed by atoms with Crippen LogP contribution in [0.15, 0.2) is 48.5 Å². The molecule has 3 atom stereocenters. The van der Waals surface area contributed by atoms with E-state index in [9.17, 15) is 15.0 Å². The number of nitrogens with zero attached hydrogens (tertiary/aromatic N) is 5. The van der Waals surface area contributed by atoms with Crippen LogP contribution in [0.1, 0.15) is 66.9 Å². The highest BCUT2D eigenvalue weighted by Gasteiger charge is 2.34. The molecule has 0 spiro atoms. The van der Waals surface area contributed by atoms with Gasteiger partial charge in [-0.05, 0) is 55.9 Å². The zero-order valence-corrected chi connectivity index (χ0v) is 22.9. The molecule has 41 heavy (non-hydrogen) atoms. The van der Waals surface area contributed by atoms with Gasteiger partial charge in [-0.3, -0.25) is 9.69 Å². The van der Waals surface area contributed by atoms with Crippen molar-refractivity contribution in [2.75, 3.05) is 24.5 Å². The first kappa shape index (κ1) is 25.9. The molecule has 4 heterocycles. The zero-order valence-electron chi connectivity index (χ0n) is 22.9. The van der Waals surface area contributed by atoms with Crippen LogP contribution in [-0.2, 0) is 11.2 Å². The minimum absolute atomic E-state index is 0.00463. The van der Waals surface area contributed by atoms with E-state index in [1.54, 1.807) is 10.6 Å². The number of aliphatic hydroxyl groups excluding tert-OH is 1. The van der Waals surface area contributed by atoms with E-state index in [1.165, 1.54) is 23.3 Å². The topological polar surface area (TPSA) is 120 Å². The van der Waals surface area contributed by atoms with Gasteiger partial charge >= 0.3 is 0 Å². The molecule has 1 amide bonds. The number of aliphatic hydroxyl groups is 1. The lowest BCUT2D eigenvalue weighted by Crippen LogP contribution is -2.37. The van der Waals surface area contributed by atoms with Crippen LogP contribution in [0.4, 0.5) is 10.1 Å². The summed E-state index contributed by atoms with van der Waals surface area (Å²) in [6.07, 6.45) is 2.55. The van der Waals surface area contributed by atoms with Crippen molar-refractivity contribution in [3.63, 3.8) is 0 Å². The SMILES string of the molecule is C[C@@H]1c2ccccc2CCN1C(O)c1cc(C2CC2)n2nc(-c3c(O)cc(N4CC[C@H](C(N)=O)C4)cc3F)cc2n1. The highest BCUT2D eigenvalue weighted by Crippen LogP contribution is 2.43. The van der Waals surface area contributed by atoms with Crippen molar-refractivity contribution in [1.82, 2.24) is 19.5 Å². The van der Waals surface area contributed by atoms with Gasteiger partial charge in [0.2, 0.25) is 5.91 Å². The van der Waals surface area contributed by atoms with Gasteiger partial charge in [0.05, 0.1) is 17.2 Å². The lowest BCUT2D eigenvalue weighted by Gasteiger charge is -2.38. The molecule has 1 saturated heterocycles. The Morgan fingerprint density at radius 2 is 1.93 bits per heavy atom. The van der Waals surface area contributed by atoms with Crippen molar-refractivity contribution < 1.29 is 19.4 Å². The van der Waals surface area contributed by atoms with E-state index in [0.717, 1.165) is 25.0 Å². The van der Waals surface area contributed by atoms with Gasteiger partial charge < -0.3 is 20.8 Å². The van der Waals surface area contributed by atoms with Gasteiger partial charge in [0.15, 0.2) is 11.9 Å². The predicted octanol–water partition coefficient (Wildman–Crippen LogP) is 4.04. The molecule has 9 nitrogen and oxygen atoms in total. The third kappa shape index (κ3) is 4.51. The summed E-state index contributed by atoms with van der Waals surface area (Å²) in [5, 5.41) is 27.1. The van der Waals surface area contributed by atoms with Crippen LogP contribution in [0.3, 0.4) is 0 Å². The first-order chi connectivity index (χ1) is 19.8. The van der Waals surface area contributed by atoms with Gasteiger partial charge in [-0.1, -0.05) is 24.3 Å². The summed E-state index contributed by atoms with van der Waals surface area (Å²) in [7, 11) is 0. The van der Waals surface area contributed by atoms with Crippen molar-refractivity contribution in [2.45, 2.75) is 50.8 Å². The monoisotopic (exact) mass is 556 g/mol. The number of halogens is 1. The van der Waals surface area contributed by atoms with E-state index in [4.69, 9.17) is 10.7 Å². The first-order valence-electron chi connectivity index (χ1n) is 14.3. The third-order valence-corrected chi connectivity index (χ3v) is 8.96. The van der Waals surface area contributed by atoms with Crippen LogP contribution in [-0.4, -0.2) is 55.3 Å². The minimum atomic E-state index is -0.909. The number of nitrogens with two attached hydrogens (primary N) is 1. The van der Waals surface area contributed by atoms with Gasteiger partial charge in [0, 0.05) is 55.1 Å². The number of fused-ring (bicyclic) bond motifs is 2. The fourth-order valence-corrected chi connectivity index (χ4v) is 6.48. The number of aromatic hydroxyl groups is 1. The third-order valence-electron chi connectivity index (χ3n) is 8.96. The molecule has 0 bridgehead atoms. The number of hydrogen-bond acceptors (Lipinski definition) is 7. The number of anilines is 1. The summed E-state index contributed by atoms with van der Waals surface area (Å²) in [6.45, 7) is 3.76. The van der Waals surface area contributed by atoms with Gasteiger partial charge in [-0.25, -0.2) is 13.9 Å². The molecule has 0 radical (unpaired) electrons.